The average molecular weight is 101 g/mol. The van der Waals surface area contributed by atoms with Crippen molar-refractivity contribution >= 4 is 8.69 Å². The Morgan fingerprint density at radius 1 is 1.40 bits per heavy atom. The van der Waals surface area contributed by atoms with Gasteiger partial charge in [0.2, 0.25) is 0 Å². The Morgan fingerprint density at radius 2 is 1.40 bits per heavy atom. The molecular weight excluding hydrogens is 95.0 g/mol. The third-order valence-electron chi connectivity index (χ3n) is 0. The maximum Gasteiger partial charge on any atom is 0.491 e. The van der Waals surface area contributed by atoms with E-state index in [4.69, 9.17) is 9.46 Å². The molecule has 0 fully saturated rings. The zero-order valence-corrected chi connectivity index (χ0v) is 3.36. The molecule has 5 heteroatoms. The largest absolute Gasteiger partial charge is 0.491 e. The fourth-order valence-corrected chi connectivity index (χ4v) is 0. The Labute approximate surface area is 30.3 Å². The van der Waals surface area contributed by atoms with E-state index in [1.165, 1.54) is 0 Å². The molecule has 0 rings (SSSR count). The van der Waals surface area contributed by atoms with Gasteiger partial charge in [0.15, 0.2) is 0 Å². The molecule has 0 aromatic heterocycles. The van der Waals surface area contributed by atoms with E-state index in [2.05, 4.69) is 0 Å². The van der Waals surface area contributed by atoms with Crippen LogP contribution in [0.15, 0.2) is 0 Å². The molecule has 4 nitrogen and oxygen atoms in total. The van der Waals surface area contributed by atoms with E-state index in [1.54, 1.807) is 0 Å². The van der Waals surface area contributed by atoms with Crippen molar-refractivity contribution in [3.05, 3.63) is 0 Å². The molecule has 0 saturated heterocycles. The molecule has 0 aliphatic heterocycles. The summed E-state index contributed by atoms with van der Waals surface area (Å²) in [7, 11) is -1.17. The third kappa shape index (κ3) is 39000. The monoisotopic (exact) mass is 101 g/mol. The lowest BCUT2D eigenvalue weighted by Gasteiger charge is -1.08. The summed E-state index contributed by atoms with van der Waals surface area (Å²) < 4.78 is 8.51. The van der Waals surface area contributed by atoms with Crippen LogP contribution in [0, 0.1) is 0 Å². The molecule has 1 unspecified atom stereocenters. The van der Waals surface area contributed by atoms with E-state index >= 15 is 0 Å². The minimum Gasteiger partial charge on any atom is -0.412 e. The van der Waals surface area contributed by atoms with E-state index in [1.807, 2.05) is 0 Å². The van der Waals surface area contributed by atoms with Gasteiger partial charge < -0.3 is 11.0 Å². The smallest absolute Gasteiger partial charge is 0.412 e. The highest BCUT2D eigenvalue weighted by atomic mass is 31.1. The van der Waals surface area contributed by atoms with Crippen LogP contribution in [0.4, 0.5) is 0 Å². The van der Waals surface area contributed by atoms with Gasteiger partial charge in [0, 0.05) is 0 Å². The van der Waals surface area contributed by atoms with Crippen molar-refractivity contribution in [2.45, 2.75) is 0 Å². The summed E-state index contributed by atoms with van der Waals surface area (Å²) in [6.07, 6.45) is 0. The van der Waals surface area contributed by atoms with Gasteiger partial charge in [-0.2, -0.15) is 4.89 Å². The predicted octanol–water partition coefficient (Wildman–Crippen LogP) is -1.73. The van der Waals surface area contributed by atoms with Gasteiger partial charge in [-0.25, -0.2) is 0 Å². The first-order valence-electron chi connectivity index (χ1n) is 0.428. The van der Waals surface area contributed by atoms with Crippen LogP contribution in [0.3, 0.4) is 0 Å². The second kappa shape index (κ2) is 36.8. The molecule has 0 aromatic rings. The van der Waals surface area contributed by atoms with E-state index in [9.17, 15) is 0 Å². The van der Waals surface area contributed by atoms with Crippen molar-refractivity contribution in [1.82, 2.24) is 0 Å². The second-order valence-electron chi connectivity index (χ2n) is 0.0913. The Bertz CT molecular complexity index is 11.1. The number of rotatable bonds is 0. The van der Waals surface area contributed by atoms with Crippen LogP contribution in [-0.2, 0) is 4.57 Å². The molecule has 0 bridgehead atoms. The molecule has 0 aromatic carbocycles. The fourth-order valence-electron chi connectivity index (χ4n) is 0. The molecule has 0 aliphatic carbocycles. The topological polar surface area (TPSA) is 100 Å². The van der Waals surface area contributed by atoms with Crippen LogP contribution >= 0.6 is 8.69 Å². The summed E-state index contributed by atoms with van der Waals surface area (Å²) in [5.41, 5.74) is 0. The average Bonchev–Trinajstić information content (AvgIpc) is 0.918. The molecule has 5 N–H and O–H groups in total. The molecule has 34 valence electrons. The van der Waals surface area contributed by atoms with Crippen LogP contribution in [0.5, 0.6) is 0 Å². The minimum absolute atomic E-state index is 0. The zero-order valence-electron chi connectivity index (χ0n) is 2.36. The molecule has 5 heavy (non-hydrogen) atoms. The first-order chi connectivity index (χ1) is 1.41. The lowest BCUT2D eigenvalue weighted by molar-refractivity contribution is 0.524. The quantitative estimate of drug-likeness (QED) is 0.366. The Kier molecular flexibility index (Phi) is 148. The summed E-state index contributed by atoms with van der Waals surface area (Å²) in [5.74, 6) is 0. The van der Waals surface area contributed by atoms with E-state index < -0.39 is 8.69 Å². The van der Waals surface area contributed by atoms with Crippen LogP contribution in [-0.4, -0.2) is 15.8 Å². The van der Waals surface area contributed by atoms with E-state index in [0.29, 0.717) is 0 Å². The van der Waals surface area contributed by atoms with Crippen LogP contribution in [0.25, 0.3) is 0 Å². The predicted molar refractivity (Wildman–Crippen MR) is 18.4 cm³/mol. The first kappa shape index (κ1) is 20.1. The molecule has 0 aliphatic rings. The summed E-state index contributed by atoms with van der Waals surface area (Å²) in [6.45, 7) is 0. The van der Waals surface area contributed by atoms with E-state index in [0.717, 1.165) is 0 Å². The second-order valence-corrected chi connectivity index (χ2v) is 0.274. The van der Waals surface area contributed by atoms with Crippen molar-refractivity contribution < 1.29 is 20.4 Å². The van der Waals surface area contributed by atoms with Crippen LogP contribution < -0.4 is 0 Å². The van der Waals surface area contributed by atoms with Gasteiger partial charge in [-0.15, -0.1) is 0 Å². The normalized spacial score (nSPS) is 4.20. The van der Waals surface area contributed by atoms with Crippen molar-refractivity contribution in [3.8, 4) is 0 Å². The summed E-state index contributed by atoms with van der Waals surface area (Å²) in [4.78, 5) is 7.04. The highest BCUT2D eigenvalue weighted by molar-refractivity contribution is 7.16. The van der Waals surface area contributed by atoms with E-state index in [-0.39, 0.29) is 11.0 Å². The first-order valence-corrected chi connectivity index (χ1v) is 1.28. The molecule has 1 atom stereocenters. The summed E-state index contributed by atoms with van der Waals surface area (Å²) >= 11 is 0. The molecule has 0 radical (unpaired) electrons. The zero-order chi connectivity index (χ0) is 2.71. The Morgan fingerprint density at radius 3 is 1.40 bits per heavy atom. The van der Waals surface area contributed by atoms with Crippen LogP contribution in [0.2, 0.25) is 0 Å². The highest BCUT2D eigenvalue weighted by Gasteiger charge is 1.45. The molecule has 0 amide bonds. The number of hydrogen-bond acceptors (Lipinski definition) is 1. The fraction of sp³-hybridized carbons (Fsp3) is 0. The van der Waals surface area contributed by atoms with Crippen molar-refractivity contribution in [2.75, 3.05) is 0 Å². The SMILES string of the molecule is O.O.O=[PH+]O. The van der Waals surface area contributed by atoms with Gasteiger partial charge in [0.05, 0.1) is 0 Å². The Hall–Kier alpha value is -0.0200. The lowest BCUT2D eigenvalue weighted by atomic mass is 15.9. The molecule has 0 heterocycles. The minimum atomic E-state index is -1.17. The molecule has 0 spiro atoms. The van der Waals surface area contributed by atoms with Gasteiger partial charge >= 0.3 is 8.69 Å². The third-order valence-corrected chi connectivity index (χ3v) is 0. The van der Waals surface area contributed by atoms with Gasteiger partial charge in [0.1, 0.15) is 0 Å². The van der Waals surface area contributed by atoms with Crippen LogP contribution in [0.1, 0.15) is 0 Å². The van der Waals surface area contributed by atoms with Gasteiger partial charge in [-0.1, -0.05) is 0 Å². The van der Waals surface area contributed by atoms with Gasteiger partial charge in [-0.05, 0) is 4.57 Å². The number of hydrogen-bond donors (Lipinski definition) is 1. The lowest BCUT2D eigenvalue weighted by Crippen LogP contribution is -1.03. The summed E-state index contributed by atoms with van der Waals surface area (Å²) in [6, 6.07) is 0. The Balaban J connectivity index is -0.0000000200. The standard InChI is InChI=1S/HO2P.2H2O/c1-3-2;;/h3H;2*1H2/p+1. The van der Waals surface area contributed by atoms with Crippen molar-refractivity contribution in [2.24, 2.45) is 0 Å². The van der Waals surface area contributed by atoms with Gasteiger partial charge in [0.25, 0.3) is 0 Å². The maximum absolute atomic E-state index is 8.51. The highest BCUT2D eigenvalue weighted by Crippen LogP contribution is 1.66. The maximum atomic E-state index is 8.51. The van der Waals surface area contributed by atoms with Gasteiger partial charge in [-0.3, -0.25) is 0 Å². The molecular formula is H6O4P+. The van der Waals surface area contributed by atoms with Crippen molar-refractivity contribution in [1.29, 1.82) is 0 Å². The van der Waals surface area contributed by atoms with Crippen molar-refractivity contribution in [3.63, 3.8) is 0 Å². The summed E-state index contributed by atoms with van der Waals surface area (Å²) in [5, 5.41) is 0. The molecule has 0 saturated carbocycles.